The minimum Gasteiger partial charge on any atom is -0.487 e. The van der Waals surface area contributed by atoms with Gasteiger partial charge in [0.1, 0.15) is 23.9 Å². The van der Waals surface area contributed by atoms with E-state index in [0.717, 1.165) is 17.1 Å². The van der Waals surface area contributed by atoms with Crippen molar-refractivity contribution in [2.45, 2.75) is 13.5 Å². The molecule has 0 atom stereocenters. The van der Waals surface area contributed by atoms with Crippen molar-refractivity contribution in [1.29, 1.82) is 0 Å². The Morgan fingerprint density at radius 2 is 1.48 bits per heavy atom. The number of para-hydroxylation sites is 4. The molecule has 0 radical (unpaired) electrons. The molecule has 0 fully saturated rings. The molecular weight excluding hydrogens is 314 g/mol. The number of nitrogens with one attached hydrogen (secondary N) is 1. The summed E-state index contributed by atoms with van der Waals surface area (Å²) in [4.78, 5) is 11.3. The third-order valence-corrected chi connectivity index (χ3v) is 3.52. The van der Waals surface area contributed by atoms with Gasteiger partial charge in [0.15, 0.2) is 0 Å². The largest absolute Gasteiger partial charge is 0.487 e. The van der Waals surface area contributed by atoms with E-state index in [1.807, 2.05) is 78.9 Å². The van der Waals surface area contributed by atoms with E-state index in [9.17, 15) is 4.79 Å². The molecule has 0 aliphatic heterocycles. The van der Waals surface area contributed by atoms with Crippen LogP contribution in [0.1, 0.15) is 12.5 Å². The SMILES string of the molecule is CC(=O)Nc1ccccc1OCc1ccccc1Oc1ccccc1. The summed E-state index contributed by atoms with van der Waals surface area (Å²) in [6.45, 7) is 1.80. The quantitative estimate of drug-likeness (QED) is 0.689. The van der Waals surface area contributed by atoms with Gasteiger partial charge in [-0.05, 0) is 30.3 Å². The van der Waals surface area contributed by atoms with Gasteiger partial charge in [-0.15, -0.1) is 0 Å². The Hall–Kier alpha value is -3.27. The van der Waals surface area contributed by atoms with Crippen molar-refractivity contribution in [2.75, 3.05) is 5.32 Å². The molecule has 0 aromatic heterocycles. The van der Waals surface area contributed by atoms with Crippen LogP contribution >= 0.6 is 0 Å². The number of rotatable bonds is 6. The molecule has 0 aliphatic carbocycles. The van der Waals surface area contributed by atoms with Crippen molar-refractivity contribution in [3.63, 3.8) is 0 Å². The molecule has 3 aromatic rings. The van der Waals surface area contributed by atoms with E-state index in [-0.39, 0.29) is 5.91 Å². The molecule has 4 heteroatoms. The van der Waals surface area contributed by atoms with E-state index in [4.69, 9.17) is 9.47 Å². The van der Waals surface area contributed by atoms with E-state index < -0.39 is 0 Å². The standard InChI is InChI=1S/C21H19NO3/c1-16(23)22-19-12-6-8-14-21(19)24-15-17-9-5-7-13-20(17)25-18-10-3-2-4-11-18/h2-14H,15H2,1H3,(H,22,23). The Bertz CT molecular complexity index is 847. The lowest BCUT2D eigenvalue weighted by molar-refractivity contribution is -0.114. The average molecular weight is 333 g/mol. The second-order valence-corrected chi connectivity index (χ2v) is 5.49. The summed E-state index contributed by atoms with van der Waals surface area (Å²) in [6.07, 6.45) is 0. The maximum atomic E-state index is 11.3. The van der Waals surface area contributed by atoms with Crippen LogP contribution in [-0.2, 0) is 11.4 Å². The first-order valence-electron chi connectivity index (χ1n) is 8.02. The summed E-state index contributed by atoms with van der Waals surface area (Å²) in [5.74, 6) is 2.00. The summed E-state index contributed by atoms with van der Waals surface area (Å²) < 4.78 is 11.9. The number of benzene rings is 3. The molecule has 3 rings (SSSR count). The summed E-state index contributed by atoms with van der Waals surface area (Å²) in [5, 5.41) is 2.77. The van der Waals surface area contributed by atoms with Crippen LogP contribution in [0.5, 0.6) is 17.2 Å². The van der Waals surface area contributed by atoms with Crippen LogP contribution in [0.15, 0.2) is 78.9 Å². The Balaban J connectivity index is 1.75. The lowest BCUT2D eigenvalue weighted by atomic mass is 10.2. The molecule has 3 aromatic carbocycles. The molecule has 0 saturated carbocycles. The van der Waals surface area contributed by atoms with E-state index in [0.29, 0.717) is 18.0 Å². The fourth-order valence-corrected chi connectivity index (χ4v) is 2.38. The molecule has 0 aliphatic rings. The van der Waals surface area contributed by atoms with Gasteiger partial charge in [0, 0.05) is 12.5 Å². The molecule has 126 valence electrons. The first-order chi connectivity index (χ1) is 12.2. The van der Waals surface area contributed by atoms with Crippen molar-refractivity contribution >= 4 is 11.6 Å². The summed E-state index contributed by atoms with van der Waals surface area (Å²) in [5.41, 5.74) is 1.57. The molecule has 0 saturated heterocycles. The number of anilines is 1. The first-order valence-corrected chi connectivity index (χ1v) is 8.02. The van der Waals surface area contributed by atoms with Crippen LogP contribution in [0.4, 0.5) is 5.69 Å². The topological polar surface area (TPSA) is 47.6 Å². The van der Waals surface area contributed by atoms with Crippen LogP contribution in [0.3, 0.4) is 0 Å². The van der Waals surface area contributed by atoms with Crippen molar-refractivity contribution < 1.29 is 14.3 Å². The average Bonchev–Trinajstić information content (AvgIpc) is 2.62. The predicted molar refractivity (Wildman–Crippen MR) is 98.0 cm³/mol. The fraction of sp³-hybridized carbons (Fsp3) is 0.0952. The van der Waals surface area contributed by atoms with Gasteiger partial charge in [-0.25, -0.2) is 0 Å². The van der Waals surface area contributed by atoms with Crippen LogP contribution in [0.2, 0.25) is 0 Å². The molecule has 0 heterocycles. The van der Waals surface area contributed by atoms with Gasteiger partial charge in [-0.1, -0.05) is 48.5 Å². The maximum absolute atomic E-state index is 11.3. The van der Waals surface area contributed by atoms with Crippen molar-refractivity contribution in [1.82, 2.24) is 0 Å². The van der Waals surface area contributed by atoms with Crippen molar-refractivity contribution in [3.8, 4) is 17.2 Å². The zero-order valence-corrected chi connectivity index (χ0v) is 13.9. The Morgan fingerprint density at radius 1 is 0.840 bits per heavy atom. The van der Waals surface area contributed by atoms with Crippen molar-refractivity contribution in [3.05, 3.63) is 84.4 Å². The second-order valence-electron chi connectivity index (χ2n) is 5.49. The highest BCUT2D eigenvalue weighted by Gasteiger charge is 2.08. The van der Waals surface area contributed by atoms with Crippen LogP contribution in [0.25, 0.3) is 0 Å². The molecule has 1 N–H and O–H groups in total. The fourth-order valence-electron chi connectivity index (χ4n) is 2.38. The number of hydrogen-bond acceptors (Lipinski definition) is 3. The smallest absolute Gasteiger partial charge is 0.221 e. The summed E-state index contributed by atoms with van der Waals surface area (Å²) in [7, 11) is 0. The Morgan fingerprint density at radius 3 is 2.24 bits per heavy atom. The van der Waals surface area contributed by atoms with E-state index in [1.165, 1.54) is 6.92 Å². The highest BCUT2D eigenvalue weighted by Crippen LogP contribution is 2.28. The molecule has 0 bridgehead atoms. The van der Waals surface area contributed by atoms with Crippen LogP contribution in [0, 0.1) is 0 Å². The predicted octanol–water partition coefficient (Wildman–Crippen LogP) is 5.02. The van der Waals surface area contributed by atoms with Gasteiger partial charge in [0.05, 0.1) is 5.69 Å². The molecule has 4 nitrogen and oxygen atoms in total. The van der Waals surface area contributed by atoms with Crippen LogP contribution < -0.4 is 14.8 Å². The minimum absolute atomic E-state index is 0.135. The minimum atomic E-state index is -0.135. The van der Waals surface area contributed by atoms with Gasteiger partial charge >= 0.3 is 0 Å². The van der Waals surface area contributed by atoms with E-state index in [1.54, 1.807) is 0 Å². The summed E-state index contributed by atoms with van der Waals surface area (Å²) in [6, 6.07) is 24.7. The second kappa shape index (κ2) is 8.02. The van der Waals surface area contributed by atoms with Gasteiger partial charge < -0.3 is 14.8 Å². The molecule has 0 unspecified atom stereocenters. The number of hydrogen-bond donors (Lipinski definition) is 1. The number of carbonyl (C=O) groups is 1. The van der Waals surface area contributed by atoms with Gasteiger partial charge in [0.2, 0.25) is 5.91 Å². The third kappa shape index (κ3) is 4.61. The van der Waals surface area contributed by atoms with Gasteiger partial charge in [0.25, 0.3) is 0 Å². The lowest BCUT2D eigenvalue weighted by Crippen LogP contribution is -2.08. The lowest BCUT2D eigenvalue weighted by Gasteiger charge is -2.14. The highest BCUT2D eigenvalue weighted by molar-refractivity contribution is 5.90. The Kier molecular flexibility index (Phi) is 5.32. The maximum Gasteiger partial charge on any atom is 0.221 e. The molecular formula is C21H19NO3. The zero-order chi connectivity index (χ0) is 17.5. The monoisotopic (exact) mass is 333 g/mol. The highest BCUT2D eigenvalue weighted by atomic mass is 16.5. The van der Waals surface area contributed by atoms with Gasteiger partial charge in [-0.2, -0.15) is 0 Å². The zero-order valence-electron chi connectivity index (χ0n) is 13.9. The van der Waals surface area contributed by atoms with Gasteiger partial charge in [-0.3, -0.25) is 4.79 Å². The Labute approximate surface area is 147 Å². The molecule has 1 amide bonds. The van der Waals surface area contributed by atoms with E-state index >= 15 is 0 Å². The first kappa shape index (κ1) is 16.6. The molecule has 0 spiro atoms. The molecule has 25 heavy (non-hydrogen) atoms. The number of ether oxygens (including phenoxy) is 2. The normalized spacial score (nSPS) is 10.1. The third-order valence-electron chi connectivity index (χ3n) is 3.52. The van der Waals surface area contributed by atoms with Crippen molar-refractivity contribution in [2.24, 2.45) is 0 Å². The number of amides is 1. The van der Waals surface area contributed by atoms with Crippen LogP contribution in [-0.4, -0.2) is 5.91 Å². The number of carbonyl (C=O) groups excluding carboxylic acids is 1. The summed E-state index contributed by atoms with van der Waals surface area (Å²) >= 11 is 0. The van der Waals surface area contributed by atoms with E-state index in [2.05, 4.69) is 5.32 Å².